The highest BCUT2D eigenvalue weighted by Gasteiger charge is 2.06. The molecule has 6 heteroatoms. The lowest BCUT2D eigenvalue weighted by Gasteiger charge is -2.11. The summed E-state index contributed by atoms with van der Waals surface area (Å²) in [5.41, 5.74) is 3.97. The summed E-state index contributed by atoms with van der Waals surface area (Å²) in [7, 11) is 0. The number of nitrogens with one attached hydrogen (secondary N) is 3. The molecule has 0 spiro atoms. The van der Waals surface area contributed by atoms with Gasteiger partial charge in [-0.05, 0) is 49.2 Å². The standard InChI is InChI=1S/C18H19N3O3/c1-11-4-3-5-16(12(11)2)24-9-8-17(22)19-13-6-7-14-15(10-13)21-18(23)20-14/h3-7,10H,8-9H2,1-2H3,(H,19,22)(H2,20,21,23). The number of aromatic nitrogens is 2. The van der Waals surface area contributed by atoms with E-state index in [-0.39, 0.29) is 18.0 Å². The quantitative estimate of drug-likeness (QED) is 0.674. The van der Waals surface area contributed by atoms with E-state index in [4.69, 9.17) is 4.74 Å². The number of amides is 1. The summed E-state index contributed by atoms with van der Waals surface area (Å²) in [6.07, 6.45) is 0.245. The second-order valence-electron chi connectivity index (χ2n) is 5.68. The number of fused-ring (bicyclic) bond motifs is 1. The zero-order valence-corrected chi connectivity index (χ0v) is 13.6. The van der Waals surface area contributed by atoms with Crippen molar-refractivity contribution in [3.05, 3.63) is 58.0 Å². The van der Waals surface area contributed by atoms with Crippen LogP contribution < -0.4 is 15.7 Å². The highest BCUT2D eigenvalue weighted by Crippen LogP contribution is 2.20. The van der Waals surface area contributed by atoms with Gasteiger partial charge in [-0.2, -0.15) is 0 Å². The monoisotopic (exact) mass is 325 g/mol. The Balaban J connectivity index is 1.56. The van der Waals surface area contributed by atoms with Crippen LogP contribution in [0, 0.1) is 13.8 Å². The molecule has 0 aliphatic carbocycles. The van der Waals surface area contributed by atoms with Crippen LogP contribution in [-0.2, 0) is 4.79 Å². The third kappa shape index (κ3) is 3.48. The Labute approximate surface area is 138 Å². The van der Waals surface area contributed by atoms with Crippen LogP contribution in [0.2, 0.25) is 0 Å². The molecule has 6 nitrogen and oxygen atoms in total. The Morgan fingerprint density at radius 3 is 2.75 bits per heavy atom. The lowest BCUT2D eigenvalue weighted by molar-refractivity contribution is -0.116. The molecule has 0 unspecified atom stereocenters. The maximum absolute atomic E-state index is 12.0. The minimum absolute atomic E-state index is 0.141. The summed E-state index contributed by atoms with van der Waals surface area (Å²) in [5.74, 6) is 0.659. The lowest BCUT2D eigenvalue weighted by atomic mass is 10.1. The summed E-state index contributed by atoms with van der Waals surface area (Å²) in [6, 6.07) is 11.1. The van der Waals surface area contributed by atoms with Gasteiger partial charge in [-0.3, -0.25) is 4.79 Å². The Morgan fingerprint density at radius 1 is 1.12 bits per heavy atom. The third-order valence-electron chi connectivity index (χ3n) is 3.94. The maximum atomic E-state index is 12.0. The van der Waals surface area contributed by atoms with Crippen molar-refractivity contribution < 1.29 is 9.53 Å². The first kappa shape index (κ1) is 15.9. The van der Waals surface area contributed by atoms with E-state index in [0.29, 0.717) is 23.3 Å². The van der Waals surface area contributed by atoms with E-state index >= 15 is 0 Å². The van der Waals surface area contributed by atoms with E-state index in [0.717, 1.165) is 16.9 Å². The average molecular weight is 325 g/mol. The lowest BCUT2D eigenvalue weighted by Crippen LogP contribution is -2.15. The molecule has 0 fully saturated rings. The van der Waals surface area contributed by atoms with Crippen LogP contribution in [0.4, 0.5) is 5.69 Å². The van der Waals surface area contributed by atoms with Crippen molar-refractivity contribution in [2.45, 2.75) is 20.3 Å². The molecule has 1 heterocycles. The molecule has 0 saturated heterocycles. The molecule has 1 amide bonds. The van der Waals surface area contributed by atoms with Crippen LogP contribution in [0.5, 0.6) is 5.75 Å². The van der Waals surface area contributed by atoms with Crippen molar-refractivity contribution in [2.75, 3.05) is 11.9 Å². The second kappa shape index (κ2) is 6.62. The SMILES string of the molecule is Cc1cccc(OCCC(=O)Nc2ccc3[nH]c(=O)[nH]c3c2)c1C. The Bertz CT molecular complexity index is 940. The fourth-order valence-corrected chi connectivity index (χ4v) is 2.47. The van der Waals surface area contributed by atoms with Gasteiger partial charge in [0.1, 0.15) is 5.75 Å². The number of aromatic amines is 2. The molecule has 1 aromatic heterocycles. The number of anilines is 1. The zero-order valence-electron chi connectivity index (χ0n) is 13.6. The van der Waals surface area contributed by atoms with Gasteiger partial charge < -0.3 is 20.0 Å². The molecule has 3 rings (SSSR count). The molecule has 0 atom stereocenters. The van der Waals surface area contributed by atoms with Gasteiger partial charge >= 0.3 is 5.69 Å². The van der Waals surface area contributed by atoms with Gasteiger partial charge in [0, 0.05) is 5.69 Å². The summed E-state index contributed by atoms with van der Waals surface area (Å²) in [4.78, 5) is 28.6. The number of ether oxygens (including phenoxy) is 1. The predicted octanol–water partition coefficient (Wildman–Crippen LogP) is 2.88. The smallest absolute Gasteiger partial charge is 0.323 e. The van der Waals surface area contributed by atoms with Gasteiger partial charge in [-0.15, -0.1) is 0 Å². The first-order valence-corrected chi connectivity index (χ1v) is 7.74. The van der Waals surface area contributed by atoms with Gasteiger partial charge in [0.15, 0.2) is 0 Å². The molecule has 0 saturated carbocycles. The number of benzene rings is 2. The second-order valence-corrected chi connectivity index (χ2v) is 5.68. The van der Waals surface area contributed by atoms with Crippen LogP contribution in [0.3, 0.4) is 0 Å². The van der Waals surface area contributed by atoms with Gasteiger partial charge in [0.05, 0.1) is 24.1 Å². The first-order valence-electron chi connectivity index (χ1n) is 7.74. The number of hydrogen-bond donors (Lipinski definition) is 3. The molecule has 0 bridgehead atoms. The van der Waals surface area contributed by atoms with Gasteiger partial charge in [-0.25, -0.2) is 4.79 Å². The van der Waals surface area contributed by atoms with Crippen molar-refractivity contribution >= 4 is 22.6 Å². The fraction of sp³-hybridized carbons (Fsp3) is 0.222. The molecule has 3 N–H and O–H groups in total. The topological polar surface area (TPSA) is 87.0 Å². The van der Waals surface area contributed by atoms with E-state index in [1.807, 2.05) is 32.0 Å². The van der Waals surface area contributed by atoms with E-state index in [2.05, 4.69) is 15.3 Å². The van der Waals surface area contributed by atoms with Crippen molar-refractivity contribution in [1.82, 2.24) is 9.97 Å². The molecule has 24 heavy (non-hydrogen) atoms. The Morgan fingerprint density at radius 2 is 1.92 bits per heavy atom. The molecule has 124 valence electrons. The van der Waals surface area contributed by atoms with Crippen LogP contribution in [0.1, 0.15) is 17.5 Å². The number of hydrogen-bond acceptors (Lipinski definition) is 3. The summed E-state index contributed by atoms with van der Waals surface area (Å²) >= 11 is 0. The average Bonchev–Trinajstić information content (AvgIpc) is 2.91. The number of imidazole rings is 1. The van der Waals surface area contributed by atoms with E-state index < -0.39 is 0 Å². The molecular formula is C18H19N3O3. The van der Waals surface area contributed by atoms with Gasteiger partial charge in [0.2, 0.25) is 5.91 Å². The minimum Gasteiger partial charge on any atom is -0.493 e. The number of rotatable bonds is 5. The van der Waals surface area contributed by atoms with Crippen molar-refractivity contribution in [2.24, 2.45) is 0 Å². The summed E-state index contributed by atoms with van der Waals surface area (Å²) in [6.45, 7) is 4.33. The summed E-state index contributed by atoms with van der Waals surface area (Å²) < 4.78 is 5.69. The number of carbonyl (C=O) groups excluding carboxylic acids is 1. The van der Waals surface area contributed by atoms with E-state index in [1.165, 1.54) is 0 Å². The van der Waals surface area contributed by atoms with Gasteiger partial charge in [-0.1, -0.05) is 12.1 Å². The number of aryl methyl sites for hydroxylation is 1. The normalized spacial score (nSPS) is 10.8. The van der Waals surface area contributed by atoms with Crippen molar-refractivity contribution in [3.63, 3.8) is 0 Å². The number of H-pyrrole nitrogens is 2. The van der Waals surface area contributed by atoms with Crippen LogP contribution in [0.25, 0.3) is 11.0 Å². The van der Waals surface area contributed by atoms with Crippen LogP contribution in [0.15, 0.2) is 41.2 Å². The molecule has 0 aliphatic rings. The van der Waals surface area contributed by atoms with Crippen molar-refractivity contribution in [3.8, 4) is 5.75 Å². The highest BCUT2D eigenvalue weighted by molar-refractivity contribution is 5.93. The van der Waals surface area contributed by atoms with Crippen LogP contribution >= 0.6 is 0 Å². The first-order chi connectivity index (χ1) is 11.5. The van der Waals surface area contributed by atoms with E-state index in [1.54, 1.807) is 18.2 Å². The Hall–Kier alpha value is -3.02. The molecule has 2 aromatic carbocycles. The fourth-order valence-electron chi connectivity index (χ4n) is 2.47. The third-order valence-corrected chi connectivity index (χ3v) is 3.94. The zero-order chi connectivity index (χ0) is 17.1. The van der Waals surface area contributed by atoms with Crippen LogP contribution in [-0.4, -0.2) is 22.5 Å². The summed E-state index contributed by atoms with van der Waals surface area (Å²) in [5, 5.41) is 2.80. The number of carbonyl (C=O) groups is 1. The van der Waals surface area contributed by atoms with Gasteiger partial charge in [0.25, 0.3) is 0 Å². The Kier molecular flexibility index (Phi) is 4.37. The maximum Gasteiger partial charge on any atom is 0.323 e. The van der Waals surface area contributed by atoms with Crippen molar-refractivity contribution in [1.29, 1.82) is 0 Å². The molecule has 0 radical (unpaired) electrons. The highest BCUT2D eigenvalue weighted by atomic mass is 16.5. The largest absolute Gasteiger partial charge is 0.493 e. The minimum atomic E-state index is -0.268. The van der Waals surface area contributed by atoms with E-state index in [9.17, 15) is 9.59 Å². The molecular weight excluding hydrogens is 306 g/mol. The molecule has 3 aromatic rings. The predicted molar refractivity (Wildman–Crippen MR) is 93.6 cm³/mol. The molecule has 0 aliphatic heterocycles.